The first kappa shape index (κ1) is 24.6. The number of halogens is 1. The van der Waals surface area contributed by atoms with E-state index in [0.29, 0.717) is 0 Å². The number of nitrogens with one attached hydrogen (secondary N) is 1. The molecule has 0 spiro atoms. The molecular formula is C28H30FN3O3. The van der Waals surface area contributed by atoms with Gasteiger partial charge in [-0.25, -0.2) is 9.18 Å². The highest BCUT2D eigenvalue weighted by Gasteiger charge is 2.40. The maximum atomic E-state index is 14.3. The van der Waals surface area contributed by atoms with E-state index in [1.807, 2.05) is 76.7 Å². The Morgan fingerprint density at radius 1 is 0.886 bits per heavy atom. The zero-order chi connectivity index (χ0) is 25.3. The summed E-state index contributed by atoms with van der Waals surface area (Å²) < 4.78 is 14.3. The van der Waals surface area contributed by atoms with E-state index in [0.717, 1.165) is 41.4 Å². The first-order chi connectivity index (χ1) is 16.6. The van der Waals surface area contributed by atoms with Crippen molar-refractivity contribution in [2.24, 2.45) is 0 Å². The molecule has 0 amide bonds. The lowest BCUT2D eigenvalue weighted by Crippen LogP contribution is -2.33. The Balaban J connectivity index is 1.81. The van der Waals surface area contributed by atoms with Crippen LogP contribution in [-0.2, 0) is 13.1 Å². The van der Waals surface area contributed by atoms with Gasteiger partial charge in [0.15, 0.2) is 5.78 Å². The van der Waals surface area contributed by atoms with Gasteiger partial charge in [-0.2, -0.15) is 0 Å². The Hall–Kier alpha value is -3.55. The Morgan fingerprint density at radius 3 is 1.89 bits per heavy atom. The average Bonchev–Trinajstić information content (AvgIpc) is 2.78. The zero-order valence-electron chi connectivity index (χ0n) is 20.4. The molecule has 4 rings (SSSR count). The molecule has 0 radical (unpaired) electrons. The summed E-state index contributed by atoms with van der Waals surface area (Å²) in [6, 6.07) is 17.4. The molecule has 6 nitrogen and oxygen atoms in total. The minimum absolute atomic E-state index is 0.0155. The first-order valence-corrected chi connectivity index (χ1v) is 11.5. The number of benzene rings is 3. The number of Topliss-reactive ketones (excluding diaryl/α,β-unsaturated/α-hetero) is 1. The Bertz CT molecular complexity index is 1240. The van der Waals surface area contributed by atoms with Crippen molar-refractivity contribution in [3.8, 4) is 0 Å². The summed E-state index contributed by atoms with van der Waals surface area (Å²) in [4.78, 5) is 29.9. The van der Waals surface area contributed by atoms with Crippen LogP contribution in [0.15, 0.2) is 60.7 Å². The second-order valence-electron chi connectivity index (χ2n) is 9.60. The van der Waals surface area contributed by atoms with Crippen LogP contribution >= 0.6 is 0 Å². The number of carboxylic acid groups (broad SMARTS) is 1. The van der Waals surface area contributed by atoms with Crippen LogP contribution in [0, 0.1) is 5.82 Å². The monoisotopic (exact) mass is 475 g/mol. The van der Waals surface area contributed by atoms with Crippen LogP contribution in [-0.4, -0.2) is 54.8 Å². The molecule has 2 N–H and O–H groups in total. The minimum Gasteiger partial charge on any atom is -0.478 e. The maximum Gasteiger partial charge on any atom is 0.336 e. The first-order valence-electron chi connectivity index (χ1n) is 11.5. The summed E-state index contributed by atoms with van der Waals surface area (Å²) in [6.07, 6.45) is 0. The lowest BCUT2D eigenvalue weighted by molar-refractivity contribution is 0.0690. The van der Waals surface area contributed by atoms with Gasteiger partial charge in [0.25, 0.3) is 0 Å². The number of carboxylic acids is 1. The van der Waals surface area contributed by atoms with Crippen molar-refractivity contribution in [1.29, 1.82) is 0 Å². The topological polar surface area (TPSA) is 72.9 Å². The van der Waals surface area contributed by atoms with E-state index in [2.05, 4.69) is 15.1 Å². The Kier molecular flexibility index (Phi) is 7.00. The van der Waals surface area contributed by atoms with Crippen molar-refractivity contribution in [3.63, 3.8) is 0 Å². The molecule has 0 aromatic heterocycles. The van der Waals surface area contributed by atoms with Crippen LogP contribution < -0.4 is 5.32 Å². The van der Waals surface area contributed by atoms with Crippen LogP contribution in [0.1, 0.15) is 54.9 Å². The average molecular weight is 476 g/mol. The number of anilines is 1. The third-order valence-electron chi connectivity index (χ3n) is 6.18. The highest BCUT2D eigenvalue weighted by molar-refractivity contribution is 6.14. The molecule has 0 fully saturated rings. The molecule has 0 saturated carbocycles. The molecule has 3 aromatic carbocycles. The molecule has 182 valence electrons. The maximum absolute atomic E-state index is 14.3. The molecule has 1 aliphatic heterocycles. The molecule has 1 heterocycles. The van der Waals surface area contributed by atoms with Crippen LogP contribution in [0.2, 0.25) is 0 Å². The van der Waals surface area contributed by atoms with Gasteiger partial charge in [-0.05, 0) is 62.6 Å². The standard InChI is InChI=1S/C28H30FN3O3/c1-31(2)15-17-5-9-19(10-6-17)24-26(20-11-7-18(8-12-20)16-32(3)4)30-23-14-21(29)13-22(28(34)35)25(23)27(24)33/h5-14,24,26,30H,15-16H2,1-4H3,(H,34,35). The van der Waals surface area contributed by atoms with Crippen molar-refractivity contribution in [1.82, 2.24) is 9.80 Å². The van der Waals surface area contributed by atoms with Gasteiger partial charge in [0.2, 0.25) is 0 Å². The normalized spacial score (nSPS) is 17.4. The molecule has 0 bridgehead atoms. The number of carbonyl (C=O) groups excluding carboxylic acids is 1. The molecule has 3 aromatic rings. The van der Waals surface area contributed by atoms with E-state index in [1.54, 1.807) is 0 Å². The Morgan fingerprint density at radius 2 is 1.40 bits per heavy atom. The summed E-state index contributed by atoms with van der Waals surface area (Å²) in [6.45, 7) is 1.54. The van der Waals surface area contributed by atoms with Crippen LogP contribution in [0.5, 0.6) is 0 Å². The minimum atomic E-state index is -1.33. The lowest BCUT2D eigenvalue weighted by atomic mass is 9.77. The van der Waals surface area contributed by atoms with E-state index in [4.69, 9.17) is 0 Å². The quantitative estimate of drug-likeness (QED) is 0.512. The summed E-state index contributed by atoms with van der Waals surface area (Å²) in [7, 11) is 7.97. The molecule has 35 heavy (non-hydrogen) atoms. The van der Waals surface area contributed by atoms with Gasteiger partial charge < -0.3 is 20.2 Å². The molecular weight excluding hydrogens is 445 g/mol. The number of hydrogen-bond donors (Lipinski definition) is 2. The van der Waals surface area contributed by atoms with Gasteiger partial charge in [0.1, 0.15) is 5.82 Å². The molecule has 0 saturated heterocycles. The predicted molar refractivity (Wildman–Crippen MR) is 134 cm³/mol. The Labute approximate surface area is 205 Å². The second-order valence-corrected chi connectivity index (χ2v) is 9.60. The third kappa shape index (κ3) is 5.26. The number of hydrogen-bond acceptors (Lipinski definition) is 5. The molecule has 1 aliphatic rings. The fraction of sp³-hybridized carbons (Fsp3) is 0.286. The van der Waals surface area contributed by atoms with Crippen molar-refractivity contribution in [3.05, 3.63) is 99.9 Å². The summed E-state index contributed by atoms with van der Waals surface area (Å²) >= 11 is 0. The van der Waals surface area contributed by atoms with Gasteiger partial charge >= 0.3 is 5.97 Å². The molecule has 2 atom stereocenters. The fourth-order valence-electron chi connectivity index (χ4n) is 4.72. The van der Waals surface area contributed by atoms with Crippen LogP contribution in [0.3, 0.4) is 0 Å². The van der Waals surface area contributed by atoms with Crippen LogP contribution in [0.25, 0.3) is 0 Å². The van der Waals surface area contributed by atoms with E-state index < -0.39 is 23.7 Å². The largest absolute Gasteiger partial charge is 0.478 e. The SMILES string of the molecule is CN(C)Cc1ccc(C2Nc3cc(F)cc(C(=O)O)c3C(=O)C2c2ccc(CN(C)C)cc2)cc1. The van der Waals surface area contributed by atoms with Gasteiger partial charge in [0.05, 0.1) is 23.1 Å². The van der Waals surface area contributed by atoms with Gasteiger partial charge in [-0.1, -0.05) is 48.5 Å². The summed E-state index contributed by atoms with van der Waals surface area (Å²) in [5.74, 6) is -3.03. The summed E-state index contributed by atoms with van der Waals surface area (Å²) in [5, 5.41) is 13.0. The lowest BCUT2D eigenvalue weighted by Gasteiger charge is -2.35. The smallest absolute Gasteiger partial charge is 0.336 e. The van der Waals surface area contributed by atoms with Gasteiger partial charge in [-0.3, -0.25) is 4.79 Å². The van der Waals surface area contributed by atoms with Crippen molar-refractivity contribution in [2.45, 2.75) is 25.0 Å². The number of nitrogens with zero attached hydrogens (tertiary/aromatic N) is 2. The second kappa shape index (κ2) is 9.98. The van der Waals surface area contributed by atoms with E-state index >= 15 is 0 Å². The van der Waals surface area contributed by atoms with Crippen molar-refractivity contribution >= 4 is 17.4 Å². The zero-order valence-corrected chi connectivity index (χ0v) is 20.4. The van der Waals surface area contributed by atoms with Gasteiger partial charge in [0, 0.05) is 18.8 Å². The summed E-state index contributed by atoms with van der Waals surface area (Å²) in [5.41, 5.74) is 3.77. The number of fused-ring (bicyclic) bond motifs is 1. The number of carbonyl (C=O) groups is 2. The van der Waals surface area contributed by atoms with Gasteiger partial charge in [-0.15, -0.1) is 0 Å². The third-order valence-corrected chi connectivity index (χ3v) is 6.18. The number of ketones is 1. The van der Waals surface area contributed by atoms with Crippen molar-refractivity contribution in [2.75, 3.05) is 33.5 Å². The van der Waals surface area contributed by atoms with Crippen molar-refractivity contribution < 1.29 is 19.1 Å². The number of rotatable bonds is 7. The highest BCUT2D eigenvalue weighted by Crippen LogP contribution is 2.44. The molecule has 7 heteroatoms. The fourth-order valence-corrected chi connectivity index (χ4v) is 4.72. The number of aromatic carboxylic acids is 1. The van der Waals surface area contributed by atoms with Crippen LogP contribution in [0.4, 0.5) is 10.1 Å². The molecule has 0 aliphatic carbocycles. The highest BCUT2D eigenvalue weighted by atomic mass is 19.1. The predicted octanol–water partition coefficient (Wildman–Crippen LogP) is 4.78. The van der Waals surface area contributed by atoms with E-state index in [9.17, 15) is 19.1 Å². The van der Waals surface area contributed by atoms with E-state index in [-0.39, 0.29) is 22.6 Å². The van der Waals surface area contributed by atoms with E-state index in [1.165, 1.54) is 6.07 Å². The molecule has 2 unspecified atom stereocenters.